The number of anilines is 2. The second-order valence-electron chi connectivity index (χ2n) is 6.58. The second kappa shape index (κ2) is 9.35. The molecule has 0 spiro atoms. The van der Waals surface area contributed by atoms with Gasteiger partial charge < -0.3 is 15.4 Å². The van der Waals surface area contributed by atoms with E-state index >= 15 is 0 Å². The zero-order valence-corrected chi connectivity index (χ0v) is 20.2. The van der Waals surface area contributed by atoms with Crippen LogP contribution in [0.2, 0.25) is 5.02 Å². The molecule has 4 rings (SSSR count). The van der Waals surface area contributed by atoms with Gasteiger partial charge in [0.15, 0.2) is 5.11 Å². The van der Waals surface area contributed by atoms with Gasteiger partial charge in [-0.15, -0.1) is 11.3 Å². The standard InChI is InChI=1S/C21H16BrClN4O2S2/c1-29-20(28)19-18(23)16-7-6-14(8-17(16)31-19)25-21(30)26-15-9-24-27(11-15)10-12-2-4-13(22)5-3-12/h2-9,11H,10H2,1H3,(H2,25,26,30). The highest BCUT2D eigenvalue weighted by atomic mass is 79.9. The molecule has 0 aliphatic rings. The summed E-state index contributed by atoms with van der Waals surface area (Å²) in [7, 11) is 1.33. The Balaban J connectivity index is 1.41. The number of nitrogens with one attached hydrogen (secondary N) is 2. The molecular formula is C21H16BrClN4O2S2. The number of carbonyl (C=O) groups excluding carboxylic acids is 1. The third kappa shape index (κ3) is 5.07. The highest BCUT2D eigenvalue weighted by molar-refractivity contribution is 9.10. The highest BCUT2D eigenvalue weighted by Gasteiger charge is 2.17. The lowest BCUT2D eigenvalue weighted by Crippen LogP contribution is -2.18. The van der Waals surface area contributed by atoms with Crippen LogP contribution < -0.4 is 10.6 Å². The zero-order chi connectivity index (χ0) is 22.0. The van der Waals surface area contributed by atoms with Crippen molar-refractivity contribution in [3.05, 3.63) is 74.8 Å². The van der Waals surface area contributed by atoms with Gasteiger partial charge in [-0.25, -0.2) is 4.79 Å². The van der Waals surface area contributed by atoms with Crippen LogP contribution in [0.5, 0.6) is 0 Å². The van der Waals surface area contributed by atoms with Gasteiger partial charge in [0.2, 0.25) is 0 Å². The largest absolute Gasteiger partial charge is 0.465 e. The molecule has 0 atom stereocenters. The molecule has 0 amide bonds. The number of carbonyl (C=O) groups is 1. The lowest BCUT2D eigenvalue weighted by atomic mass is 10.2. The van der Waals surface area contributed by atoms with Crippen LogP contribution in [0.3, 0.4) is 0 Å². The minimum atomic E-state index is -0.446. The minimum Gasteiger partial charge on any atom is -0.465 e. The molecule has 158 valence electrons. The molecule has 2 heterocycles. The van der Waals surface area contributed by atoms with Crippen molar-refractivity contribution in [3.8, 4) is 0 Å². The molecule has 0 saturated carbocycles. The van der Waals surface area contributed by atoms with E-state index in [0.717, 1.165) is 31.5 Å². The summed E-state index contributed by atoms with van der Waals surface area (Å²) in [5.41, 5.74) is 2.71. The van der Waals surface area contributed by atoms with Gasteiger partial charge in [0, 0.05) is 26.4 Å². The Hall–Kier alpha value is -2.46. The molecule has 2 aromatic heterocycles. The second-order valence-corrected chi connectivity index (χ2v) is 9.33. The van der Waals surface area contributed by atoms with Crippen LogP contribution in [0.4, 0.5) is 11.4 Å². The van der Waals surface area contributed by atoms with Crippen LogP contribution in [0.1, 0.15) is 15.2 Å². The maximum absolute atomic E-state index is 11.8. The Morgan fingerprint density at radius 2 is 1.97 bits per heavy atom. The van der Waals surface area contributed by atoms with E-state index < -0.39 is 5.97 Å². The molecule has 10 heteroatoms. The van der Waals surface area contributed by atoms with Crippen molar-refractivity contribution in [3.63, 3.8) is 0 Å². The van der Waals surface area contributed by atoms with Crippen LogP contribution in [0.25, 0.3) is 10.1 Å². The quantitative estimate of drug-likeness (QED) is 0.236. The number of rotatable bonds is 5. The predicted molar refractivity (Wildman–Crippen MR) is 133 cm³/mol. The van der Waals surface area contributed by atoms with Gasteiger partial charge in [0.25, 0.3) is 0 Å². The number of aromatic nitrogens is 2. The number of fused-ring (bicyclic) bond motifs is 1. The van der Waals surface area contributed by atoms with Crippen molar-refractivity contribution in [1.29, 1.82) is 0 Å². The molecule has 0 fully saturated rings. The zero-order valence-electron chi connectivity index (χ0n) is 16.2. The van der Waals surface area contributed by atoms with E-state index in [2.05, 4.69) is 31.7 Å². The maximum atomic E-state index is 11.8. The molecule has 2 N–H and O–H groups in total. The summed E-state index contributed by atoms with van der Waals surface area (Å²) in [4.78, 5) is 12.2. The van der Waals surface area contributed by atoms with E-state index in [-0.39, 0.29) is 0 Å². The van der Waals surface area contributed by atoms with E-state index in [0.29, 0.717) is 21.6 Å². The number of hydrogen-bond acceptors (Lipinski definition) is 5. The van der Waals surface area contributed by atoms with Gasteiger partial charge in [-0.3, -0.25) is 4.68 Å². The summed E-state index contributed by atoms with van der Waals surface area (Å²) in [6, 6.07) is 13.7. The summed E-state index contributed by atoms with van der Waals surface area (Å²) in [6.45, 7) is 0.660. The SMILES string of the molecule is COC(=O)c1sc2cc(NC(=S)Nc3cnn(Cc4ccc(Br)cc4)c3)ccc2c1Cl. The van der Waals surface area contributed by atoms with Crippen molar-refractivity contribution in [2.24, 2.45) is 0 Å². The van der Waals surface area contributed by atoms with Crippen molar-refractivity contribution in [2.75, 3.05) is 17.7 Å². The Kier molecular flexibility index (Phi) is 6.57. The molecular weight excluding hydrogens is 520 g/mol. The van der Waals surface area contributed by atoms with Gasteiger partial charge >= 0.3 is 5.97 Å². The molecule has 0 radical (unpaired) electrons. The Morgan fingerprint density at radius 1 is 1.23 bits per heavy atom. The summed E-state index contributed by atoms with van der Waals surface area (Å²) in [5.74, 6) is -0.446. The maximum Gasteiger partial charge on any atom is 0.349 e. The van der Waals surface area contributed by atoms with Crippen LogP contribution in [-0.4, -0.2) is 28.0 Å². The molecule has 0 saturated heterocycles. The van der Waals surface area contributed by atoms with Crippen LogP contribution in [-0.2, 0) is 11.3 Å². The normalized spacial score (nSPS) is 10.8. The number of nitrogens with zero attached hydrogens (tertiary/aromatic N) is 2. The summed E-state index contributed by atoms with van der Waals surface area (Å²) in [6.07, 6.45) is 3.61. The van der Waals surface area contributed by atoms with Crippen molar-refractivity contribution >= 4 is 83.6 Å². The predicted octanol–water partition coefficient (Wildman–Crippen LogP) is 6.16. The fourth-order valence-electron chi connectivity index (χ4n) is 2.95. The number of hydrogen-bond donors (Lipinski definition) is 2. The van der Waals surface area contributed by atoms with Crippen LogP contribution >= 0.6 is 51.1 Å². The fourth-order valence-corrected chi connectivity index (χ4v) is 4.92. The topological polar surface area (TPSA) is 68.2 Å². The van der Waals surface area contributed by atoms with Crippen molar-refractivity contribution in [1.82, 2.24) is 9.78 Å². The first-order valence-corrected chi connectivity index (χ1v) is 11.5. The molecule has 2 aromatic carbocycles. The van der Waals surface area contributed by atoms with E-state index in [4.69, 9.17) is 28.6 Å². The molecule has 31 heavy (non-hydrogen) atoms. The third-order valence-electron chi connectivity index (χ3n) is 4.41. The van der Waals surface area contributed by atoms with E-state index in [1.807, 2.05) is 53.3 Å². The van der Waals surface area contributed by atoms with Gasteiger partial charge in [-0.1, -0.05) is 39.7 Å². The molecule has 0 aliphatic carbocycles. The Morgan fingerprint density at radius 3 is 2.71 bits per heavy atom. The third-order valence-corrected chi connectivity index (χ3v) is 6.78. The lowest BCUT2D eigenvalue weighted by molar-refractivity contribution is 0.0606. The number of methoxy groups -OCH3 is 1. The van der Waals surface area contributed by atoms with E-state index in [1.54, 1.807) is 6.20 Å². The smallest absolute Gasteiger partial charge is 0.349 e. The van der Waals surface area contributed by atoms with E-state index in [9.17, 15) is 4.79 Å². The average Bonchev–Trinajstić information content (AvgIpc) is 3.32. The number of thiophene rings is 1. The van der Waals surface area contributed by atoms with Crippen molar-refractivity contribution < 1.29 is 9.53 Å². The Bertz CT molecular complexity index is 1270. The molecule has 4 aromatic rings. The first kappa shape index (κ1) is 21.8. The monoisotopic (exact) mass is 534 g/mol. The average molecular weight is 536 g/mol. The number of thiocarbonyl (C=S) groups is 1. The van der Waals surface area contributed by atoms with Crippen LogP contribution in [0.15, 0.2) is 59.3 Å². The van der Waals surface area contributed by atoms with Gasteiger partial charge in [-0.2, -0.15) is 5.10 Å². The molecule has 0 unspecified atom stereocenters. The summed E-state index contributed by atoms with van der Waals surface area (Å²) in [5, 5.41) is 12.3. The van der Waals surface area contributed by atoms with Crippen LogP contribution in [0, 0.1) is 0 Å². The summed E-state index contributed by atoms with van der Waals surface area (Å²) < 4.78 is 8.52. The number of halogens is 2. The molecule has 6 nitrogen and oxygen atoms in total. The van der Waals surface area contributed by atoms with Gasteiger partial charge in [-0.05, 0) is 48.1 Å². The fraction of sp³-hybridized carbons (Fsp3) is 0.0952. The number of ether oxygens (including phenoxy) is 1. The van der Waals surface area contributed by atoms with Gasteiger partial charge in [0.05, 0.1) is 30.6 Å². The first-order chi connectivity index (χ1) is 14.9. The minimum absolute atomic E-state index is 0.384. The van der Waals surface area contributed by atoms with Crippen molar-refractivity contribution in [2.45, 2.75) is 6.54 Å². The Labute approximate surface area is 201 Å². The van der Waals surface area contributed by atoms with E-state index in [1.165, 1.54) is 18.4 Å². The number of esters is 1. The first-order valence-electron chi connectivity index (χ1n) is 9.08. The summed E-state index contributed by atoms with van der Waals surface area (Å²) >= 11 is 16.4. The molecule has 0 aliphatic heterocycles. The lowest BCUT2D eigenvalue weighted by Gasteiger charge is -2.09. The van der Waals surface area contributed by atoms with Gasteiger partial charge in [0.1, 0.15) is 4.88 Å². The molecule has 0 bridgehead atoms. The highest BCUT2D eigenvalue weighted by Crippen LogP contribution is 2.37. The number of benzene rings is 2.